The summed E-state index contributed by atoms with van der Waals surface area (Å²) in [5.74, 6) is 2.02. The summed E-state index contributed by atoms with van der Waals surface area (Å²) in [6.45, 7) is 2.39. The quantitative estimate of drug-likeness (QED) is 0.849. The summed E-state index contributed by atoms with van der Waals surface area (Å²) in [7, 11) is 0. The summed E-state index contributed by atoms with van der Waals surface area (Å²) < 4.78 is 10.9. The third-order valence-corrected chi connectivity index (χ3v) is 3.63. The average molecular weight is 237 g/mol. The van der Waals surface area contributed by atoms with Crippen molar-refractivity contribution < 1.29 is 9.26 Å². The number of hydrogen-bond donors (Lipinski definition) is 1. The minimum Gasteiger partial charge on any atom is -0.366 e. The Labute approximate surface area is 101 Å². The van der Waals surface area contributed by atoms with E-state index in [2.05, 4.69) is 15.5 Å². The fourth-order valence-electron chi connectivity index (χ4n) is 2.63. The molecule has 1 aliphatic carbocycles. The molecular weight excluding hydrogens is 218 g/mol. The minimum atomic E-state index is -0.0615. The molecule has 3 rings (SSSR count). The van der Waals surface area contributed by atoms with Gasteiger partial charge in [-0.1, -0.05) is 24.4 Å². The highest BCUT2D eigenvalue weighted by atomic mass is 16.5. The SMILES string of the molecule is C1CCC(c2noc([C@H]3CNCCO3)n2)CC1. The molecule has 1 aromatic heterocycles. The Morgan fingerprint density at radius 1 is 1.18 bits per heavy atom. The van der Waals surface area contributed by atoms with E-state index in [0.29, 0.717) is 18.4 Å². The standard InChI is InChI=1S/C12H19N3O2/c1-2-4-9(5-3-1)11-14-12(17-15-11)10-8-13-6-7-16-10/h9-10,13H,1-8H2/t10-/m1/s1. The molecule has 5 nitrogen and oxygen atoms in total. The maximum atomic E-state index is 5.61. The van der Waals surface area contributed by atoms with Crippen molar-refractivity contribution in [2.75, 3.05) is 19.7 Å². The van der Waals surface area contributed by atoms with Crippen LogP contribution in [0.15, 0.2) is 4.52 Å². The highest BCUT2D eigenvalue weighted by molar-refractivity contribution is 4.99. The van der Waals surface area contributed by atoms with Crippen LogP contribution < -0.4 is 5.32 Å². The van der Waals surface area contributed by atoms with Gasteiger partial charge in [-0.2, -0.15) is 4.98 Å². The molecule has 2 heterocycles. The number of nitrogens with one attached hydrogen (secondary N) is 1. The first kappa shape index (κ1) is 11.2. The van der Waals surface area contributed by atoms with Crippen LogP contribution in [0.4, 0.5) is 0 Å². The van der Waals surface area contributed by atoms with Crippen LogP contribution >= 0.6 is 0 Å². The van der Waals surface area contributed by atoms with Gasteiger partial charge in [0.15, 0.2) is 5.82 Å². The molecule has 0 spiro atoms. The fraction of sp³-hybridized carbons (Fsp3) is 0.833. The second-order valence-electron chi connectivity index (χ2n) is 4.89. The van der Waals surface area contributed by atoms with Crippen LogP contribution in [0.25, 0.3) is 0 Å². The number of ether oxygens (including phenoxy) is 1. The minimum absolute atomic E-state index is 0.0615. The van der Waals surface area contributed by atoms with Crippen LogP contribution in [0, 0.1) is 0 Å². The normalized spacial score (nSPS) is 27.2. The zero-order valence-corrected chi connectivity index (χ0v) is 10.0. The van der Waals surface area contributed by atoms with Crippen molar-refractivity contribution in [1.29, 1.82) is 0 Å². The van der Waals surface area contributed by atoms with E-state index in [4.69, 9.17) is 9.26 Å². The summed E-state index contributed by atoms with van der Waals surface area (Å²) in [6.07, 6.45) is 6.25. The molecule has 1 aromatic rings. The molecule has 2 fully saturated rings. The molecule has 94 valence electrons. The first-order valence-corrected chi connectivity index (χ1v) is 6.59. The van der Waals surface area contributed by atoms with Gasteiger partial charge >= 0.3 is 0 Å². The molecule has 1 saturated carbocycles. The van der Waals surface area contributed by atoms with Gasteiger partial charge in [-0.05, 0) is 12.8 Å². The molecule has 0 radical (unpaired) electrons. The van der Waals surface area contributed by atoms with Gasteiger partial charge in [0, 0.05) is 19.0 Å². The summed E-state index contributed by atoms with van der Waals surface area (Å²) in [4.78, 5) is 4.51. The molecule has 1 saturated heterocycles. The van der Waals surface area contributed by atoms with Gasteiger partial charge in [0.25, 0.3) is 5.89 Å². The summed E-state index contributed by atoms with van der Waals surface area (Å²) >= 11 is 0. The molecule has 1 atom stereocenters. The zero-order valence-electron chi connectivity index (χ0n) is 10.0. The number of rotatable bonds is 2. The van der Waals surface area contributed by atoms with Crippen molar-refractivity contribution in [3.05, 3.63) is 11.7 Å². The van der Waals surface area contributed by atoms with Crippen molar-refractivity contribution in [1.82, 2.24) is 15.5 Å². The largest absolute Gasteiger partial charge is 0.366 e. The van der Waals surface area contributed by atoms with Crippen molar-refractivity contribution in [3.63, 3.8) is 0 Å². The smallest absolute Gasteiger partial charge is 0.257 e. The van der Waals surface area contributed by atoms with Crippen molar-refractivity contribution >= 4 is 0 Å². The van der Waals surface area contributed by atoms with Crippen LogP contribution in [-0.2, 0) is 4.74 Å². The molecule has 1 N–H and O–H groups in total. The fourth-order valence-corrected chi connectivity index (χ4v) is 2.63. The lowest BCUT2D eigenvalue weighted by atomic mass is 9.89. The Kier molecular flexibility index (Phi) is 3.38. The lowest BCUT2D eigenvalue weighted by Gasteiger charge is -2.20. The maximum Gasteiger partial charge on any atom is 0.257 e. The highest BCUT2D eigenvalue weighted by Crippen LogP contribution is 2.31. The lowest BCUT2D eigenvalue weighted by molar-refractivity contribution is 0.00755. The van der Waals surface area contributed by atoms with Gasteiger partial charge in [-0.3, -0.25) is 0 Å². The van der Waals surface area contributed by atoms with Crippen LogP contribution in [0.5, 0.6) is 0 Å². The highest BCUT2D eigenvalue weighted by Gasteiger charge is 2.25. The van der Waals surface area contributed by atoms with E-state index in [9.17, 15) is 0 Å². The molecule has 0 bridgehead atoms. The molecule has 0 amide bonds. The van der Waals surface area contributed by atoms with Gasteiger partial charge in [-0.25, -0.2) is 0 Å². The van der Waals surface area contributed by atoms with E-state index in [1.54, 1.807) is 0 Å². The topological polar surface area (TPSA) is 60.2 Å². The first-order chi connectivity index (χ1) is 8.43. The molecular formula is C12H19N3O2. The predicted molar refractivity (Wildman–Crippen MR) is 61.7 cm³/mol. The monoisotopic (exact) mass is 237 g/mol. The predicted octanol–water partition coefficient (Wildman–Crippen LogP) is 1.78. The molecule has 17 heavy (non-hydrogen) atoms. The van der Waals surface area contributed by atoms with Crippen molar-refractivity contribution in [2.45, 2.75) is 44.1 Å². The van der Waals surface area contributed by atoms with Crippen LogP contribution in [-0.4, -0.2) is 29.8 Å². The van der Waals surface area contributed by atoms with E-state index in [-0.39, 0.29) is 6.10 Å². The number of nitrogens with zero attached hydrogens (tertiary/aromatic N) is 2. The summed E-state index contributed by atoms with van der Waals surface area (Å²) in [5, 5.41) is 7.39. The second-order valence-corrected chi connectivity index (χ2v) is 4.89. The Morgan fingerprint density at radius 2 is 2.06 bits per heavy atom. The Hall–Kier alpha value is -0.940. The number of morpholine rings is 1. The van der Waals surface area contributed by atoms with E-state index >= 15 is 0 Å². The third kappa shape index (κ3) is 2.50. The van der Waals surface area contributed by atoms with Crippen molar-refractivity contribution in [3.8, 4) is 0 Å². The number of hydrogen-bond acceptors (Lipinski definition) is 5. The Morgan fingerprint density at radius 3 is 2.82 bits per heavy atom. The maximum absolute atomic E-state index is 5.61. The molecule has 0 unspecified atom stereocenters. The van der Waals surface area contributed by atoms with Crippen molar-refractivity contribution in [2.24, 2.45) is 0 Å². The average Bonchev–Trinajstić information content (AvgIpc) is 2.90. The molecule has 0 aromatic carbocycles. The lowest BCUT2D eigenvalue weighted by Crippen LogP contribution is -2.33. The molecule has 5 heteroatoms. The molecule has 2 aliphatic rings. The van der Waals surface area contributed by atoms with Crippen LogP contribution in [0.3, 0.4) is 0 Å². The Bertz CT molecular complexity index is 322. The summed E-state index contributed by atoms with van der Waals surface area (Å²) in [6, 6.07) is 0. The van der Waals surface area contributed by atoms with Gasteiger partial charge in [0.05, 0.1) is 6.61 Å². The number of aromatic nitrogens is 2. The zero-order chi connectivity index (χ0) is 11.5. The second kappa shape index (κ2) is 5.14. The summed E-state index contributed by atoms with van der Waals surface area (Å²) in [5.41, 5.74) is 0. The van der Waals surface area contributed by atoms with Crippen LogP contribution in [0.1, 0.15) is 55.8 Å². The van der Waals surface area contributed by atoms with Gasteiger partial charge in [0.1, 0.15) is 6.10 Å². The van der Waals surface area contributed by atoms with E-state index < -0.39 is 0 Å². The van der Waals surface area contributed by atoms with E-state index in [0.717, 1.165) is 18.9 Å². The van der Waals surface area contributed by atoms with Gasteiger partial charge in [0.2, 0.25) is 0 Å². The van der Waals surface area contributed by atoms with E-state index in [1.165, 1.54) is 32.1 Å². The molecule has 1 aliphatic heterocycles. The van der Waals surface area contributed by atoms with E-state index in [1.807, 2.05) is 0 Å². The van der Waals surface area contributed by atoms with Gasteiger partial charge < -0.3 is 14.6 Å². The van der Waals surface area contributed by atoms with Gasteiger partial charge in [-0.15, -0.1) is 0 Å². The Balaban J connectivity index is 1.68. The third-order valence-electron chi connectivity index (χ3n) is 3.63. The van der Waals surface area contributed by atoms with Crippen LogP contribution in [0.2, 0.25) is 0 Å². The first-order valence-electron chi connectivity index (χ1n) is 6.59.